The molecule has 0 amide bonds. The van der Waals surface area contributed by atoms with Crippen LogP contribution in [0.1, 0.15) is 19.8 Å². The molecule has 0 radical (unpaired) electrons. The zero-order valence-corrected chi connectivity index (χ0v) is 6.17. The Labute approximate surface area is 61.2 Å². The van der Waals surface area contributed by atoms with Crippen molar-refractivity contribution in [1.29, 1.82) is 0 Å². The van der Waals surface area contributed by atoms with Crippen molar-refractivity contribution < 1.29 is 9.53 Å². The molecule has 0 fully saturated rings. The van der Waals surface area contributed by atoms with Gasteiger partial charge in [-0.2, -0.15) is 0 Å². The Morgan fingerprint density at radius 2 is 2.40 bits per heavy atom. The van der Waals surface area contributed by atoms with E-state index < -0.39 is 0 Å². The molecular weight excluding hydrogens is 128 g/mol. The minimum Gasteiger partial charge on any atom is -0.490 e. The van der Waals surface area contributed by atoms with Crippen LogP contribution in [0.2, 0.25) is 0 Å². The predicted molar refractivity (Wildman–Crippen MR) is 40.3 cm³/mol. The molecule has 0 aromatic rings. The third-order valence-electron chi connectivity index (χ3n) is 1.00. The van der Waals surface area contributed by atoms with Crippen LogP contribution in [-0.2, 0) is 9.53 Å². The largest absolute Gasteiger partial charge is 0.490 e. The topological polar surface area (TPSA) is 26.3 Å². The summed E-state index contributed by atoms with van der Waals surface area (Å²) in [6, 6.07) is 0. The summed E-state index contributed by atoms with van der Waals surface area (Å²) in [6.45, 7) is 2.58. The Balaban J connectivity index is 2.97. The van der Waals surface area contributed by atoms with Crippen LogP contribution >= 0.6 is 0 Å². The molecule has 0 aliphatic heterocycles. The monoisotopic (exact) mass is 140 g/mol. The van der Waals surface area contributed by atoms with Crippen molar-refractivity contribution >= 4 is 5.94 Å². The van der Waals surface area contributed by atoms with E-state index in [1.165, 1.54) is 0 Å². The SMILES string of the molecule is C/C=C\CCCOC=C=O. The summed E-state index contributed by atoms with van der Waals surface area (Å²) in [7, 11) is 0. The molecular formula is C8H12O2. The van der Waals surface area contributed by atoms with Crippen molar-refractivity contribution in [2.45, 2.75) is 19.8 Å². The van der Waals surface area contributed by atoms with Gasteiger partial charge in [0.2, 0.25) is 0 Å². The van der Waals surface area contributed by atoms with Gasteiger partial charge in [0.15, 0.2) is 12.2 Å². The van der Waals surface area contributed by atoms with E-state index >= 15 is 0 Å². The highest BCUT2D eigenvalue weighted by atomic mass is 16.5. The zero-order valence-electron chi connectivity index (χ0n) is 6.17. The molecule has 0 rings (SSSR count). The number of allylic oxidation sites excluding steroid dienone is 2. The summed E-state index contributed by atoms with van der Waals surface area (Å²) in [6.07, 6.45) is 7.06. The lowest BCUT2D eigenvalue weighted by Gasteiger charge is -1.93. The van der Waals surface area contributed by atoms with Crippen LogP contribution in [-0.4, -0.2) is 12.5 Å². The molecule has 0 heterocycles. The minimum atomic E-state index is 0.597. The van der Waals surface area contributed by atoms with E-state index in [9.17, 15) is 4.79 Å². The van der Waals surface area contributed by atoms with E-state index in [2.05, 4.69) is 6.08 Å². The Hall–Kier alpha value is -1.01. The zero-order chi connectivity index (χ0) is 7.66. The predicted octanol–water partition coefficient (Wildman–Crippen LogP) is 1.70. The molecule has 0 N–H and O–H groups in total. The maximum Gasteiger partial charge on any atom is 0.166 e. The Bertz CT molecular complexity index is 132. The van der Waals surface area contributed by atoms with Gasteiger partial charge >= 0.3 is 0 Å². The molecule has 2 heteroatoms. The van der Waals surface area contributed by atoms with Gasteiger partial charge in [-0.3, -0.25) is 0 Å². The summed E-state index contributed by atoms with van der Waals surface area (Å²) >= 11 is 0. The molecule has 0 aliphatic carbocycles. The number of ether oxygens (including phenoxy) is 1. The van der Waals surface area contributed by atoms with E-state index in [4.69, 9.17) is 4.74 Å². The maximum atomic E-state index is 9.57. The molecule has 0 bridgehead atoms. The quantitative estimate of drug-likeness (QED) is 0.251. The number of carbonyl (C=O) groups excluding carboxylic acids is 1. The first-order valence-electron chi connectivity index (χ1n) is 3.34. The number of rotatable bonds is 5. The van der Waals surface area contributed by atoms with Gasteiger partial charge in [-0.1, -0.05) is 12.2 Å². The van der Waals surface area contributed by atoms with Gasteiger partial charge in [-0.25, -0.2) is 4.79 Å². The Morgan fingerprint density at radius 3 is 3.00 bits per heavy atom. The molecule has 10 heavy (non-hydrogen) atoms. The summed E-state index contributed by atoms with van der Waals surface area (Å²) in [5.41, 5.74) is 0. The van der Waals surface area contributed by atoms with Gasteiger partial charge in [-0.05, 0) is 19.8 Å². The smallest absolute Gasteiger partial charge is 0.166 e. The van der Waals surface area contributed by atoms with Crippen molar-refractivity contribution in [1.82, 2.24) is 0 Å². The van der Waals surface area contributed by atoms with Crippen LogP contribution in [0.25, 0.3) is 0 Å². The van der Waals surface area contributed by atoms with E-state index in [0.717, 1.165) is 19.1 Å². The number of unbranched alkanes of at least 4 members (excludes halogenated alkanes) is 1. The molecule has 2 nitrogen and oxygen atoms in total. The lowest BCUT2D eigenvalue weighted by atomic mass is 10.3. The molecule has 0 aromatic heterocycles. The van der Waals surface area contributed by atoms with Crippen LogP contribution in [0.3, 0.4) is 0 Å². The second kappa shape index (κ2) is 7.99. The molecule has 0 saturated carbocycles. The van der Waals surface area contributed by atoms with E-state index in [1.807, 2.05) is 13.0 Å². The first-order valence-corrected chi connectivity index (χ1v) is 3.34. The number of hydrogen-bond acceptors (Lipinski definition) is 2. The van der Waals surface area contributed by atoms with Crippen LogP contribution in [0.5, 0.6) is 0 Å². The Kier molecular flexibility index (Phi) is 7.18. The lowest BCUT2D eigenvalue weighted by Crippen LogP contribution is -1.85. The molecule has 0 unspecified atom stereocenters. The van der Waals surface area contributed by atoms with Gasteiger partial charge in [-0.15, -0.1) is 0 Å². The normalized spacial score (nSPS) is 9.30. The summed E-state index contributed by atoms with van der Waals surface area (Å²) < 4.78 is 4.75. The van der Waals surface area contributed by atoms with Crippen molar-refractivity contribution in [2.24, 2.45) is 0 Å². The second-order valence-corrected chi connectivity index (χ2v) is 1.82. The highest BCUT2D eigenvalue weighted by Crippen LogP contribution is 1.90. The molecule has 56 valence electrons. The molecule has 0 saturated heterocycles. The lowest BCUT2D eigenvalue weighted by molar-refractivity contribution is 0.248. The van der Waals surface area contributed by atoms with Gasteiger partial charge in [0.1, 0.15) is 0 Å². The van der Waals surface area contributed by atoms with Crippen LogP contribution in [0.4, 0.5) is 0 Å². The van der Waals surface area contributed by atoms with Crippen LogP contribution < -0.4 is 0 Å². The standard InChI is InChI=1S/C8H12O2/c1-2-3-4-5-7-10-8-6-9/h2-3,8H,4-5,7H2,1H3/b3-2-. The van der Waals surface area contributed by atoms with E-state index in [0.29, 0.717) is 6.61 Å². The van der Waals surface area contributed by atoms with E-state index in [1.54, 1.807) is 5.94 Å². The van der Waals surface area contributed by atoms with Crippen molar-refractivity contribution in [3.8, 4) is 0 Å². The average Bonchev–Trinajstić information content (AvgIpc) is 1.97. The minimum absolute atomic E-state index is 0.597. The van der Waals surface area contributed by atoms with Crippen LogP contribution in [0.15, 0.2) is 18.4 Å². The van der Waals surface area contributed by atoms with Crippen molar-refractivity contribution in [3.05, 3.63) is 18.4 Å². The first kappa shape index (κ1) is 8.99. The molecule has 0 aliphatic rings. The highest BCUT2D eigenvalue weighted by Gasteiger charge is 1.80. The fourth-order valence-electron chi connectivity index (χ4n) is 0.544. The van der Waals surface area contributed by atoms with E-state index in [-0.39, 0.29) is 0 Å². The molecule has 0 aromatic carbocycles. The first-order chi connectivity index (χ1) is 4.91. The third kappa shape index (κ3) is 6.99. The summed E-state index contributed by atoms with van der Waals surface area (Å²) in [5, 5.41) is 0. The number of hydrogen-bond donors (Lipinski definition) is 0. The van der Waals surface area contributed by atoms with Gasteiger partial charge in [0.25, 0.3) is 0 Å². The summed E-state index contributed by atoms with van der Waals surface area (Å²) in [4.78, 5) is 9.57. The Morgan fingerprint density at radius 1 is 1.60 bits per heavy atom. The molecule has 0 atom stereocenters. The maximum absolute atomic E-state index is 9.57. The third-order valence-corrected chi connectivity index (χ3v) is 1.00. The van der Waals surface area contributed by atoms with Gasteiger partial charge in [0.05, 0.1) is 6.61 Å². The second-order valence-electron chi connectivity index (χ2n) is 1.82. The van der Waals surface area contributed by atoms with Crippen molar-refractivity contribution in [3.63, 3.8) is 0 Å². The average molecular weight is 140 g/mol. The fraction of sp³-hybridized carbons (Fsp3) is 0.500. The molecule has 0 spiro atoms. The van der Waals surface area contributed by atoms with Gasteiger partial charge in [0, 0.05) is 0 Å². The summed E-state index contributed by atoms with van der Waals surface area (Å²) in [5.74, 6) is 1.54. The van der Waals surface area contributed by atoms with Crippen LogP contribution in [0, 0.1) is 0 Å². The van der Waals surface area contributed by atoms with Crippen molar-refractivity contribution in [2.75, 3.05) is 6.61 Å². The highest BCUT2D eigenvalue weighted by molar-refractivity contribution is 5.42. The van der Waals surface area contributed by atoms with Gasteiger partial charge < -0.3 is 4.74 Å². The fourth-order valence-corrected chi connectivity index (χ4v) is 0.544.